The Morgan fingerprint density at radius 3 is 1.50 bits per heavy atom. The van der Waals surface area contributed by atoms with Crippen molar-refractivity contribution in [1.82, 2.24) is 0 Å². The maximum Gasteiger partial charge on any atom is 0.0383 e. The topological polar surface area (TPSA) is 88.0 Å². The highest BCUT2D eigenvalue weighted by Gasteiger charge is 1.56. The lowest BCUT2D eigenvalue weighted by atomic mass is 10.4. The van der Waals surface area contributed by atoms with E-state index in [1.807, 2.05) is 0 Å². The molecule has 0 aliphatic carbocycles. The number of carbonyl (C=O) groups excluding carboxylic acids is 1. The van der Waals surface area contributed by atoms with Gasteiger partial charge in [0.05, 0.1) is 0 Å². The average molecular weight is 151 g/mol. The largest absolute Gasteiger partial charge is 0.550 e. The molecule has 0 bridgehead atoms. The van der Waals surface area contributed by atoms with Crippen molar-refractivity contribution in [2.75, 3.05) is 0 Å². The van der Waals surface area contributed by atoms with E-state index in [9.17, 15) is 0 Å². The van der Waals surface area contributed by atoms with Crippen LogP contribution in [-0.4, -0.2) is 11.2 Å². The molecule has 0 unspecified atom stereocenters. The van der Waals surface area contributed by atoms with Gasteiger partial charge in [0.25, 0.3) is 0 Å². The van der Waals surface area contributed by atoms with Crippen LogP contribution in [-0.2, 0) is 4.79 Å². The number of rotatable bonds is 1. The van der Waals surface area contributed by atoms with E-state index in [1.165, 1.54) is 12.8 Å². The average Bonchev–Trinajstić information content (AvgIpc) is 1.91. The Hall–Kier alpha value is -0.610. The molecule has 4 N–H and O–H groups in total. The SMILES string of the molecule is CC(=O)[O-].CCCC.[NH3+]O. The molecule has 0 aromatic carbocycles. The Balaban J connectivity index is -0.0000000787. The van der Waals surface area contributed by atoms with Crippen LogP contribution in [0.3, 0.4) is 0 Å². The molecule has 4 nitrogen and oxygen atoms in total. The molecule has 0 rings (SSSR count). The van der Waals surface area contributed by atoms with Crippen LogP contribution < -0.4 is 11.0 Å². The highest BCUT2D eigenvalue weighted by atomic mass is 16.4. The number of hydrogen-bond donors (Lipinski definition) is 2. The standard InChI is InChI=1S/C4H10.C2H4O2.H4NO/c1-3-4-2;1-2(3)4;1-2/h3-4H2,1-2H3;1H3,(H,3,4);2H,1H3/q;;+1/p-1. The van der Waals surface area contributed by atoms with E-state index in [2.05, 4.69) is 19.7 Å². The summed E-state index contributed by atoms with van der Waals surface area (Å²) in [6, 6.07) is 0. The first-order valence-corrected chi connectivity index (χ1v) is 3.14. The van der Waals surface area contributed by atoms with Crippen LogP contribution in [0.2, 0.25) is 0 Å². The van der Waals surface area contributed by atoms with Crippen LogP contribution in [0.15, 0.2) is 0 Å². The van der Waals surface area contributed by atoms with Gasteiger partial charge in [-0.25, -0.2) is 11.1 Å². The summed E-state index contributed by atoms with van der Waals surface area (Å²) >= 11 is 0. The highest BCUT2D eigenvalue weighted by Crippen LogP contribution is 1.76. The van der Waals surface area contributed by atoms with E-state index >= 15 is 0 Å². The smallest absolute Gasteiger partial charge is 0.0383 e. The summed E-state index contributed by atoms with van der Waals surface area (Å²) in [7, 11) is 0. The summed E-state index contributed by atoms with van der Waals surface area (Å²) in [5.74, 6) is 1.17. The van der Waals surface area contributed by atoms with Gasteiger partial charge in [-0.2, -0.15) is 0 Å². The lowest BCUT2D eigenvalue weighted by Gasteiger charge is -1.77. The van der Waals surface area contributed by atoms with Gasteiger partial charge in [-0.15, -0.1) is 0 Å². The molecule has 0 saturated carbocycles. The molecule has 0 amide bonds. The first kappa shape index (κ1) is 16.2. The number of carbonyl (C=O) groups is 1. The van der Waals surface area contributed by atoms with Crippen LogP contribution >= 0.6 is 0 Å². The second-order valence-corrected chi connectivity index (χ2v) is 1.49. The highest BCUT2D eigenvalue weighted by molar-refractivity contribution is 5.60. The van der Waals surface area contributed by atoms with Gasteiger partial charge in [0.15, 0.2) is 0 Å². The predicted octanol–water partition coefficient (Wildman–Crippen LogP) is -0.820. The van der Waals surface area contributed by atoms with E-state index in [0.717, 1.165) is 6.92 Å². The van der Waals surface area contributed by atoms with Crippen molar-refractivity contribution in [2.45, 2.75) is 33.6 Å². The van der Waals surface area contributed by atoms with E-state index in [0.29, 0.717) is 0 Å². The molecular formula is C6H17NO3. The van der Waals surface area contributed by atoms with Gasteiger partial charge in [0.2, 0.25) is 0 Å². The number of unbranched alkanes of at least 4 members (excludes halogenated alkanes) is 1. The van der Waals surface area contributed by atoms with E-state index in [1.54, 1.807) is 0 Å². The zero-order valence-electron chi connectivity index (χ0n) is 6.89. The first-order chi connectivity index (χ1) is 4.65. The van der Waals surface area contributed by atoms with E-state index in [-0.39, 0.29) is 0 Å². The summed E-state index contributed by atoms with van der Waals surface area (Å²) < 4.78 is 0. The van der Waals surface area contributed by atoms with Crippen molar-refractivity contribution >= 4 is 5.97 Å². The Kier molecular flexibility index (Phi) is 38.5. The van der Waals surface area contributed by atoms with Crippen molar-refractivity contribution in [2.24, 2.45) is 0 Å². The minimum absolute atomic E-state index is 0.972. The predicted molar refractivity (Wildman–Crippen MR) is 35.9 cm³/mol. The summed E-state index contributed by atoms with van der Waals surface area (Å²) in [4.78, 5) is 8.89. The fourth-order valence-electron chi connectivity index (χ4n) is 0. The normalized spacial score (nSPS) is 6.10. The summed E-state index contributed by atoms with van der Waals surface area (Å²) in [5, 5.41) is 15.6. The number of carboxylic acids is 1. The number of carboxylic acid groups (broad SMARTS) is 1. The van der Waals surface area contributed by atoms with Gasteiger partial charge in [-0.3, -0.25) is 0 Å². The van der Waals surface area contributed by atoms with Crippen LogP contribution in [0.5, 0.6) is 0 Å². The molecule has 0 atom stereocenters. The fraction of sp³-hybridized carbons (Fsp3) is 0.833. The van der Waals surface area contributed by atoms with Crippen molar-refractivity contribution < 1.29 is 21.0 Å². The molecule has 0 spiro atoms. The Labute approximate surface area is 61.6 Å². The second-order valence-electron chi connectivity index (χ2n) is 1.49. The van der Waals surface area contributed by atoms with E-state index in [4.69, 9.17) is 15.1 Å². The van der Waals surface area contributed by atoms with Crippen LogP contribution in [0.25, 0.3) is 0 Å². The van der Waals surface area contributed by atoms with Crippen LogP contribution in [0, 0.1) is 0 Å². The quantitative estimate of drug-likeness (QED) is 0.480. The lowest BCUT2D eigenvalue weighted by molar-refractivity contribution is -0.670. The van der Waals surface area contributed by atoms with Crippen molar-refractivity contribution in [3.8, 4) is 0 Å². The molecule has 10 heavy (non-hydrogen) atoms. The zero-order chi connectivity index (χ0) is 8.99. The second kappa shape index (κ2) is 23.8. The molecule has 4 heteroatoms. The minimum atomic E-state index is -1.08. The van der Waals surface area contributed by atoms with E-state index < -0.39 is 5.97 Å². The molecule has 0 aliphatic heterocycles. The molecular weight excluding hydrogens is 134 g/mol. The first-order valence-electron chi connectivity index (χ1n) is 3.14. The van der Waals surface area contributed by atoms with Gasteiger partial charge in [-0.1, -0.05) is 26.7 Å². The van der Waals surface area contributed by atoms with Crippen molar-refractivity contribution in [3.05, 3.63) is 0 Å². The molecule has 0 aromatic rings. The van der Waals surface area contributed by atoms with Gasteiger partial charge in [-0.05, 0) is 6.92 Å². The summed E-state index contributed by atoms with van der Waals surface area (Å²) in [6.07, 6.45) is 2.64. The molecule has 0 aromatic heterocycles. The molecule has 0 heterocycles. The monoisotopic (exact) mass is 151 g/mol. The summed E-state index contributed by atoms with van der Waals surface area (Å²) in [6.45, 7) is 5.33. The molecule has 64 valence electrons. The maximum atomic E-state index is 8.89. The van der Waals surface area contributed by atoms with Gasteiger partial charge in [0.1, 0.15) is 0 Å². The zero-order valence-corrected chi connectivity index (χ0v) is 6.89. The minimum Gasteiger partial charge on any atom is -0.550 e. The molecule has 0 aliphatic rings. The lowest BCUT2D eigenvalue weighted by Crippen LogP contribution is -2.42. The summed E-state index contributed by atoms with van der Waals surface area (Å²) in [5.41, 5.74) is 0. The Morgan fingerprint density at radius 2 is 1.50 bits per heavy atom. The maximum absolute atomic E-state index is 8.89. The molecule has 0 saturated heterocycles. The number of aliphatic carboxylic acids is 1. The van der Waals surface area contributed by atoms with Gasteiger partial charge >= 0.3 is 0 Å². The fourth-order valence-corrected chi connectivity index (χ4v) is 0. The van der Waals surface area contributed by atoms with Crippen molar-refractivity contribution in [1.29, 1.82) is 0 Å². The van der Waals surface area contributed by atoms with Crippen molar-refractivity contribution in [3.63, 3.8) is 0 Å². The van der Waals surface area contributed by atoms with Crippen LogP contribution in [0.4, 0.5) is 0 Å². The third-order valence-electron chi connectivity index (χ3n) is 0.500. The van der Waals surface area contributed by atoms with Crippen LogP contribution in [0.1, 0.15) is 33.6 Å². The Bertz CT molecular complexity index is 51.0. The third kappa shape index (κ3) is 1980. The number of quaternary nitrogens is 1. The number of hydrogen-bond acceptors (Lipinski definition) is 3. The van der Waals surface area contributed by atoms with Gasteiger partial charge in [0, 0.05) is 5.97 Å². The molecule has 0 radical (unpaired) electrons. The molecule has 0 fully saturated rings. The third-order valence-corrected chi connectivity index (χ3v) is 0.500. The van der Waals surface area contributed by atoms with Gasteiger partial charge < -0.3 is 9.90 Å². The Morgan fingerprint density at radius 1 is 1.40 bits per heavy atom.